The molecule has 86 valence electrons. The molecular formula is C14H12OS2. The molecule has 3 heteroatoms. The van der Waals surface area contributed by atoms with E-state index in [4.69, 9.17) is 4.42 Å². The molecule has 0 aliphatic heterocycles. The standard InChI is InChI=1S/C14H12OS2/c1-16-9-3-5-13-11(7-9)12-8-10(17-2)4-6-14(12)15-13/h3-8H,1-2H3. The Morgan fingerprint density at radius 1 is 0.765 bits per heavy atom. The van der Waals surface area contributed by atoms with Gasteiger partial charge in [-0.25, -0.2) is 0 Å². The molecule has 0 atom stereocenters. The highest BCUT2D eigenvalue weighted by Gasteiger charge is 2.07. The van der Waals surface area contributed by atoms with Crippen molar-refractivity contribution in [3.05, 3.63) is 36.4 Å². The Bertz CT molecular complexity index is 627. The lowest BCUT2D eigenvalue weighted by Crippen LogP contribution is -1.71. The molecule has 0 N–H and O–H groups in total. The van der Waals surface area contributed by atoms with Crippen molar-refractivity contribution in [3.8, 4) is 0 Å². The van der Waals surface area contributed by atoms with Gasteiger partial charge in [-0.15, -0.1) is 23.5 Å². The first kappa shape index (κ1) is 11.1. The van der Waals surface area contributed by atoms with Crippen molar-refractivity contribution in [2.24, 2.45) is 0 Å². The predicted molar refractivity (Wildman–Crippen MR) is 77.3 cm³/mol. The van der Waals surface area contributed by atoms with Gasteiger partial charge in [0.25, 0.3) is 0 Å². The Hall–Kier alpha value is -1.06. The van der Waals surface area contributed by atoms with Crippen LogP contribution in [0.1, 0.15) is 0 Å². The van der Waals surface area contributed by atoms with Gasteiger partial charge in [-0.3, -0.25) is 0 Å². The van der Waals surface area contributed by atoms with Gasteiger partial charge in [0.1, 0.15) is 11.2 Å². The van der Waals surface area contributed by atoms with Gasteiger partial charge in [-0.05, 0) is 48.9 Å². The monoisotopic (exact) mass is 260 g/mol. The summed E-state index contributed by atoms with van der Waals surface area (Å²) >= 11 is 3.52. The van der Waals surface area contributed by atoms with Crippen LogP contribution in [0.5, 0.6) is 0 Å². The van der Waals surface area contributed by atoms with Gasteiger partial charge in [0, 0.05) is 20.6 Å². The average Bonchev–Trinajstić information content (AvgIpc) is 2.75. The number of hydrogen-bond donors (Lipinski definition) is 0. The Morgan fingerprint density at radius 2 is 1.24 bits per heavy atom. The smallest absolute Gasteiger partial charge is 0.135 e. The van der Waals surface area contributed by atoms with Gasteiger partial charge >= 0.3 is 0 Å². The molecule has 0 spiro atoms. The molecule has 0 unspecified atom stereocenters. The van der Waals surface area contributed by atoms with Crippen molar-refractivity contribution >= 4 is 45.5 Å². The number of furan rings is 1. The zero-order valence-electron chi connectivity index (χ0n) is 9.69. The van der Waals surface area contributed by atoms with Crippen molar-refractivity contribution in [2.45, 2.75) is 9.79 Å². The number of rotatable bonds is 2. The molecule has 0 saturated heterocycles. The van der Waals surface area contributed by atoms with Crippen LogP contribution in [0.15, 0.2) is 50.6 Å². The summed E-state index contributed by atoms with van der Waals surface area (Å²) in [6, 6.07) is 12.7. The van der Waals surface area contributed by atoms with Crippen LogP contribution in [0.4, 0.5) is 0 Å². The summed E-state index contributed by atoms with van der Waals surface area (Å²) in [5.41, 5.74) is 1.94. The molecule has 0 amide bonds. The largest absolute Gasteiger partial charge is 0.456 e. The maximum Gasteiger partial charge on any atom is 0.135 e. The van der Waals surface area contributed by atoms with Gasteiger partial charge in [-0.1, -0.05) is 0 Å². The Kier molecular flexibility index (Phi) is 2.81. The van der Waals surface area contributed by atoms with E-state index in [0.29, 0.717) is 0 Å². The van der Waals surface area contributed by atoms with Crippen LogP contribution >= 0.6 is 23.5 Å². The molecular weight excluding hydrogens is 248 g/mol. The van der Waals surface area contributed by atoms with E-state index in [1.807, 2.05) is 0 Å². The minimum atomic E-state index is 0.969. The summed E-state index contributed by atoms with van der Waals surface area (Å²) < 4.78 is 5.83. The molecule has 0 aliphatic carbocycles. The summed E-state index contributed by atoms with van der Waals surface area (Å²) in [6.45, 7) is 0. The summed E-state index contributed by atoms with van der Waals surface area (Å²) in [5.74, 6) is 0. The maximum absolute atomic E-state index is 5.83. The molecule has 1 nitrogen and oxygen atoms in total. The first-order chi connectivity index (χ1) is 8.31. The van der Waals surface area contributed by atoms with E-state index in [1.165, 1.54) is 20.6 Å². The molecule has 0 aliphatic rings. The van der Waals surface area contributed by atoms with Gasteiger partial charge in [0.05, 0.1) is 0 Å². The van der Waals surface area contributed by atoms with Gasteiger partial charge in [0.2, 0.25) is 0 Å². The number of hydrogen-bond acceptors (Lipinski definition) is 3. The lowest BCUT2D eigenvalue weighted by Gasteiger charge is -1.96. The minimum absolute atomic E-state index is 0.969. The molecule has 2 aromatic carbocycles. The highest BCUT2D eigenvalue weighted by molar-refractivity contribution is 7.98. The number of benzene rings is 2. The lowest BCUT2D eigenvalue weighted by molar-refractivity contribution is 0.668. The van der Waals surface area contributed by atoms with E-state index in [1.54, 1.807) is 23.5 Å². The quantitative estimate of drug-likeness (QED) is 0.600. The molecule has 0 radical (unpaired) electrons. The SMILES string of the molecule is CSc1ccc2oc3ccc(SC)cc3c2c1. The van der Waals surface area contributed by atoms with Crippen LogP contribution in [0.3, 0.4) is 0 Å². The molecule has 0 fully saturated rings. The first-order valence-corrected chi connectivity index (χ1v) is 7.81. The van der Waals surface area contributed by atoms with E-state index in [-0.39, 0.29) is 0 Å². The van der Waals surface area contributed by atoms with E-state index in [2.05, 4.69) is 48.9 Å². The van der Waals surface area contributed by atoms with Crippen molar-refractivity contribution in [3.63, 3.8) is 0 Å². The van der Waals surface area contributed by atoms with Gasteiger partial charge in [-0.2, -0.15) is 0 Å². The van der Waals surface area contributed by atoms with Crippen molar-refractivity contribution in [1.29, 1.82) is 0 Å². The second kappa shape index (κ2) is 4.31. The second-order valence-corrected chi connectivity index (χ2v) is 5.59. The van der Waals surface area contributed by atoms with Crippen LogP contribution in [0.2, 0.25) is 0 Å². The fourth-order valence-corrected chi connectivity index (χ4v) is 2.87. The minimum Gasteiger partial charge on any atom is -0.456 e. The fourth-order valence-electron chi connectivity index (χ4n) is 1.99. The Labute approximate surface area is 109 Å². The lowest BCUT2D eigenvalue weighted by atomic mass is 10.1. The van der Waals surface area contributed by atoms with E-state index < -0.39 is 0 Å². The summed E-state index contributed by atoms with van der Waals surface area (Å²) in [7, 11) is 0. The number of thioether (sulfide) groups is 2. The van der Waals surface area contributed by atoms with Crippen molar-refractivity contribution in [2.75, 3.05) is 12.5 Å². The normalized spacial score (nSPS) is 11.4. The van der Waals surface area contributed by atoms with Crippen LogP contribution < -0.4 is 0 Å². The fraction of sp³-hybridized carbons (Fsp3) is 0.143. The van der Waals surface area contributed by atoms with Crippen molar-refractivity contribution in [1.82, 2.24) is 0 Å². The van der Waals surface area contributed by atoms with Gasteiger partial charge in [0.15, 0.2) is 0 Å². The average molecular weight is 260 g/mol. The zero-order chi connectivity index (χ0) is 11.8. The predicted octanol–water partition coefficient (Wildman–Crippen LogP) is 5.03. The molecule has 1 aromatic heterocycles. The zero-order valence-corrected chi connectivity index (χ0v) is 11.3. The molecule has 0 saturated carbocycles. The Balaban J connectivity index is 2.37. The number of fused-ring (bicyclic) bond motifs is 3. The highest BCUT2D eigenvalue weighted by Crippen LogP contribution is 2.33. The van der Waals surface area contributed by atoms with Gasteiger partial charge < -0.3 is 4.42 Å². The van der Waals surface area contributed by atoms with Crippen molar-refractivity contribution < 1.29 is 4.42 Å². The van der Waals surface area contributed by atoms with E-state index in [9.17, 15) is 0 Å². The third-order valence-corrected chi connectivity index (χ3v) is 4.33. The third-order valence-electron chi connectivity index (χ3n) is 2.88. The van der Waals surface area contributed by atoms with Crippen LogP contribution in [0, 0.1) is 0 Å². The molecule has 1 heterocycles. The Morgan fingerprint density at radius 3 is 1.65 bits per heavy atom. The summed E-state index contributed by atoms with van der Waals surface area (Å²) in [4.78, 5) is 2.55. The molecule has 3 aromatic rings. The maximum atomic E-state index is 5.83. The molecule has 3 rings (SSSR count). The topological polar surface area (TPSA) is 13.1 Å². The molecule has 17 heavy (non-hydrogen) atoms. The van der Waals surface area contributed by atoms with Crippen LogP contribution in [-0.4, -0.2) is 12.5 Å². The highest BCUT2D eigenvalue weighted by atomic mass is 32.2. The van der Waals surface area contributed by atoms with E-state index >= 15 is 0 Å². The van der Waals surface area contributed by atoms with Crippen LogP contribution in [-0.2, 0) is 0 Å². The van der Waals surface area contributed by atoms with Crippen LogP contribution in [0.25, 0.3) is 21.9 Å². The van der Waals surface area contributed by atoms with E-state index in [0.717, 1.165) is 11.2 Å². The third kappa shape index (κ3) is 1.83. The first-order valence-electron chi connectivity index (χ1n) is 5.36. The summed E-state index contributed by atoms with van der Waals surface area (Å²) in [5, 5.41) is 2.42. The summed E-state index contributed by atoms with van der Waals surface area (Å²) in [6.07, 6.45) is 4.19. The second-order valence-electron chi connectivity index (χ2n) is 3.83. The molecule has 0 bridgehead atoms.